The van der Waals surface area contributed by atoms with E-state index >= 15 is 0 Å². The molecule has 0 unspecified atom stereocenters. The van der Waals surface area contributed by atoms with Gasteiger partial charge < -0.3 is 10.2 Å². The molecule has 0 aromatic carbocycles. The van der Waals surface area contributed by atoms with Crippen LogP contribution in [0.1, 0.15) is 25.0 Å². The van der Waals surface area contributed by atoms with Crippen molar-refractivity contribution in [1.29, 1.82) is 0 Å². The molecular formula is C17H23N3OS2. The third kappa shape index (κ3) is 4.40. The van der Waals surface area contributed by atoms with Gasteiger partial charge in [-0.15, -0.1) is 22.7 Å². The summed E-state index contributed by atoms with van der Waals surface area (Å²) in [5.41, 5.74) is 0.903. The zero-order chi connectivity index (χ0) is 16.1. The summed E-state index contributed by atoms with van der Waals surface area (Å²) in [6.45, 7) is 2.87. The van der Waals surface area contributed by atoms with Gasteiger partial charge in [-0.2, -0.15) is 0 Å². The van der Waals surface area contributed by atoms with Crippen LogP contribution in [0.5, 0.6) is 0 Å². The molecule has 1 saturated heterocycles. The molecule has 1 aliphatic heterocycles. The molecule has 1 amide bonds. The summed E-state index contributed by atoms with van der Waals surface area (Å²) in [7, 11) is 2.00. The number of aromatic nitrogens is 1. The van der Waals surface area contributed by atoms with Gasteiger partial charge in [-0.05, 0) is 50.2 Å². The highest BCUT2D eigenvalue weighted by Gasteiger charge is 2.23. The average Bonchev–Trinajstić information content (AvgIpc) is 3.24. The molecule has 0 atom stereocenters. The van der Waals surface area contributed by atoms with Crippen molar-refractivity contribution < 1.29 is 4.79 Å². The van der Waals surface area contributed by atoms with Gasteiger partial charge in [0.15, 0.2) is 0 Å². The number of likely N-dealkylation sites (tertiary alicyclic amines) is 1. The fraction of sp³-hybridized carbons (Fsp3) is 0.529. The Bertz CT molecular complexity index is 616. The Morgan fingerprint density at radius 1 is 1.39 bits per heavy atom. The van der Waals surface area contributed by atoms with Crippen molar-refractivity contribution in [3.8, 4) is 9.88 Å². The predicted molar refractivity (Wildman–Crippen MR) is 97.0 cm³/mol. The number of rotatable bonds is 6. The fourth-order valence-electron chi connectivity index (χ4n) is 2.99. The normalized spacial score (nSPS) is 16.0. The summed E-state index contributed by atoms with van der Waals surface area (Å²) in [5.74, 6) is 0.983. The minimum atomic E-state index is 0.222. The molecule has 3 rings (SSSR count). The fourth-order valence-corrected chi connectivity index (χ4v) is 4.62. The van der Waals surface area contributed by atoms with Crippen molar-refractivity contribution in [3.05, 3.63) is 28.6 Å². The van der Waals surface area contributed by atoms with Gasteiger partial charge in [0.25, 0.3) is 0 Å². The maximum absolute atomic E-state index is 12.5. The van der Waals surface area contributed by atoms with E-state index in [1.165, 1.54) is 11.3 Å². The van der Waals surface area contributed by atoms with E-state index in [4.69, 9.17) is 0 Å². The zero-order valence-corrected chi connectivity index (χ0v) is 15.1. The summed E-state index contributed by atoms with van der Waals surface area (Å²) in [6, 6.07) is 4.11. The second-order valence-corrected chi connectivity index (χ2v) is 7.82. The number of thiazole rings is 1. The summed E-state index contributed by atoms with van der Waals surface area (Å²) < 4.78 is 0. The standard InChI is InChI=1S/C17H23N3OS2/c1-18-7-4-13-5-8-20(9-6-13)16(21)11-14-12-23-17(19-14)15-3-2-10-22-15/h2-3,10,12-13,18H,4-9,11H2,1H3. The Labute approximate surface area is 145 Å². The number of carbonyl (C=O) groups excluding carboxylic acids is 1. The molecule has 3 heterocycles. The zero-order valence-electron chi connectivity index (χ0n) is 13.5. The van der Waals surface area contributed by atoms with Gasteiger partial charge in [-0.25, -0.2) is 4.98 Å². The van der Waals surface area contributed by atoms with E-state index in [0.29, 0.717) is 6.42 Å². The lowest BCUT2D eigenvalue weighted by Crippen LogP contribution is -2.39. The molecule has 0 saturated carbocycles. The summed E-state index contributed by atoms with van der Waals surface area (Å²) >= 11 is 3.32. The van der Waals surface area contributed by atoms with Crippen molar-refractivity contribution in [2.45, 2.75) is 25.7 Å². The van der Waals surface area contributed by atoms with Crippen LogP contribution >= 0.6 is 22.7 Å². The third-order valence-corrected chi connectivity index (χ3v) is 6.32. The first-order chi connectivity index (χ1) is 11.3. The van der Waals surface area contributed by atoms with Crippen LogP contribution in [-0.2, 0) is 11.2 Å². The number of nitrogens with one attached hydrogen (secondary N) is 1. The number of hydrogen-bond acceptors (Lipinski definition) is 5. The molecule has 1 fully saturated rings. The van der Waals surface area contributed by atoms with Crippen molar-refractivity contribution >= 4 is 28.6 Å². The first-order valence-electron chi connectivity index (χ1n) is 8.17. The summed E-state index contributed by atoms with van der Waals surface area (Å²) in [4.78, 5) is 20.3. The first-order valence-corrected chi connectivity index (χ1v) is 9.93. The quantitative estimate of drug-likeness (QED) is 0.871. The second-order valence-electron chi connectivity index (χ2n) is 6.01. The lowest BCUT2D eigenvalue weighted by atomic mass is 9.93. The average molecular weight is 350 g/mol. The largest absolute Gasteiger partial charge is 0.342 e. The van der Waals surface area contributed by atoms with Crippen LogP contribution in [0.15, 0.2) is 22.9 Å². The highest BCUT2D eigenvalue weighted by molar-refractivity contribution is 7.20. The molecule has 124 valence electrons. The van der Waals surface area contributed by atoms with Gasteiger partial charge in [0.1, 0.15) is 5.01 Å². The number of amides is 1. The SMILES string of the molecule is CNCCC1CCN(C(=O)Cc2csc(-c3cccs3)n2)CC1. The maximum atomic E-state index is 12.5. The summed E-state index contributed by atoms with van der Waals surface area (Å²) in [5, 5.41) is 8.31. The van der Waals surface area contributed by atoms with E-state index in [9.17, 15) is 4.79 Å². The van der Waals surface area contributed by atoms with Crippen LogP contribution in [0.4, 0.5) is 0 Å². The molecule has 1 N–H and O–H groups in total. The van der Waals surface area contributed by atoms with Gasteiger partial charge >= 0.3 is 0 Å². The van der Waals surface area contributed by atoms with Crippen molar-refractivity contribution in [3.63, 3.8) is 0 Å². The molecule has 0 aliphatic carbocycles. The van der Waals surface area contributed by atoms with Crippen LogP contribution in [0.3, 0.4) is 0 Å². The lowest BCUT2D eigenvalue weighted by Gasteiger charge is -2.32. The van der Waals surface area contributed by atoms with Crippen LogP contribution in [0, 0.1) is 5.92 Å². The molecule has 2 aromatic heterocycles. The van der Waals surface area contributed by atoms with Crippen LogP contribution in [-0.4, -0.2) is 42.5 Å². The van der Waals surface area contributed by atoms with Crippen molar-refractivity contribution in [2.24, 2.45) is 5.92 Å². The molecule has 0 radical (unpaired) electrons. The molecule has 23 heavy (non-hydrogen) atoms. The maximum Gasteiger partial charge on any atom is 0.228 e. The minimum Gasteiger partial charge on any atom is -0.342 e. The van der Waals surface area contributed by atoms with E-state index < -0.39 is 0 Å². The Balaban J connectivity index is 1.50. The molecule has 2 aromatic rings. The molecular weight excluding hydrogens is 326 g/mol. The Hall–Kier alpha value is -1.24. The van der Waals surface area contributed by atoms with Gasteiger partial charge in [0, 0.05) is 18.5 Å². The van der Waals surface area contributed by atoms with Crippen molar-refractivity contribution in [1.82, 2.24) is 15.2 Å². The molecule has 0 bridgehead atoms. The number of piperidine rings is 1. The number of thiophene rings is 1. The highest BCUT2D eigenvalue weighted by Crippen LogP contribution is 2.28. The van der Waals surface area contributed by atoms with Gasteiger partial charge in [-0.3, -0.25) is 4.79 Å². The third-order valence-electron chi connectivity index (χ3n) is 4.39. The minimum absolute atomic E-state index is 0.222. The van der Waals surface area contributed by atoms with E-state index in [1.54, 1.807) is 22.7 Å². The lowest BCUT2D eigenvalue weighted by molar-refractivity contribution is -0.131. The topological polar surface area (TPSA) is 45.2 Å². The first kappa shape index (κ1) is 16.6. The Morgan fingerprint density at radius 3 is 2.91 bits per heavy atom. The molecule has 6 heteroatoms. The van der Waals surface area contributed by atoms with Crippen LogP contribution in [0.2, 0.25) is 0 Å². The van der Waals surface area contributed by atoms with E-state index in [-0.39, 0.29) is 5.91 Å². The van der Waals surface area contributed by atoms with Crippen LogP contribution < -0.4 is 5.32 Å². The monoisotopic (exact) mass is 349 g/mol. The predicted octanol–water partition coefficient (Wildman–Crippen LogP) is 3.26. The highest BCUT2D eigenvalue weighted by atomic mass is 32.1. The second kappa shape index (κ2) is 8.04. The Kier molecular flexibility index (Phi) is 5.80. The van der Waals surface area contributed by atoms with Crippen LogP contribution in [0.25, 0.3) is 9.88 Å². The van der Waals surface area contributed by atoms with E-state index in [0.717, 1.165) is 49.1 Å². The van der Waals surface area contributed by atoms with Crippen molar-refractivity contribution in [2.75, 3.05) is 26.7 Å². The molecule has 1 aliphatic rings. The van der Waals surface area contributed by atoms with Gasteiger partial charge in [0.05, 0.1) is 17.0 Å². The van der Waals surface area contributed by atoms with Gasteiger partial charge in [-0.1, -0.05) is 6.07 Å². The smallest absolute Gasteiger partial charge is 0.228 e. The molecule has 0 spiro atoms. The van der Waals surface area contributed by atoms with E-state index in [1.807, 2.05) is 23.4 Å². The summed E-state index contributed by atoms with van der Waals surface area (Å²) in [6.07, 6.45) is 3.91. The number of hydrogen-bond donors (Lipinski definition) is 1. The number of nitrogens with zero attached hydrogens (tertiary/aromatic N) is 2. The van der Waals surface area contributed by atoms with E-state index in [2.05, 4.69) is 21.7 Å². The Morgan fingerprint density at radius 2 is 2.22 bits per heavy atom. The number of carbonyl (C=O) groups is 1. The molecule has 4 nitrogen and oxygen atoms in total. The van der Waals surface area contributed by atoms with Gasteiger partial charge in [0.2, 0.25) is 5.91 Å².